The molecule has 1 aliphatic rings. The molecule has 0 bridgehead atoms. The van der Waals surface area contributed by atoms with Crippen LogP contribution in [-0.4, -0.2) is 11.1 Å². The lowest BCUT2D eigenvalue weighted by atomic mass is 9.81. The van der Waals surface area contributed by atoms with Gasteiger partial charge in [-0.3, -0.25) is 4.79 Å². The van der Waals surface area contributed by atoms with E-state index in [1.807, 2.05) is 17.5 Å². The van der Waals surface area contributed by atoms with Gasteiger partial charge < -0.3 is 5.11 Å². The fourth-order valence-corrected chi connectivity index (χ4v) is 3.42. The van der Waals surface area contributed by atoms with Crippen LogP contribution < -0.4 is 0 Å². The van der Waals surface area contributed by atoms with E-state index in [0.717, 1.165) is 19.3 Å². The molecule has 1 aliphatic carbocycles. The Morgan fingerprint density at radius 1 is 1.73 bits per heavy atom. The van der Waals surface area contributed by atoms with Crippen LogP contribution >= 0.6 is 11.3 Å². The maximum absolute atomic E-state index is 11.4. The third kappa shape index (κ3) is 2.07. The van der Waals surface area contributed by atoms with Crippen molar-refractivity contribution >= 4 is 17.3 Å². The number of thiophene rings is 1. The third-order valence-electron chi connectivity index (χ3n) is 3.40. The Labute approximate surface area is 93.9 Å². The molecule has 2 nitrogen and oxygen atoms in total. The summed E-state index contributed by atoms with van der Waals surface area (Å²) in [4.78, 5) is 12.6. The first-order valence-corrected chi connectivity index (χ1v) is 6.26. The van der Waals surface area contributed by atoms with Crippen molar-refractivity contribution in [3.05, 3.63) is 22.4 Å². The van der Waals surface area contributed by atoms with Gasteiger partial charge in [0.25, 0.3) is 0 Å². The topological polar surface area (TPSA) is 37.3 Å². The second kappa shape index (κ2) is 3.97. The van der Waals surface area contributed by atoms with Gasteiger partial charge in [0.15, 0.2) is 0 Å². The summed E-state index contributed by atoms with van der Waals surface area (Å²) in [7, 11) is 0. The Morgan fingerprint density at radius 2 is 2.53 bits per heavy atom. The quantitative estimate of drug-likeness (QED) is 0.856. The number of hydrogen-bond donors (Lipinski definition) is 1. The maximum atomic E-state index is 11.4. The monoisotopic (exact) mass is 224 g/mol. The van der Waals surface area contributed by atoms with Gasteiger partial charge in [-0.15, -0.1) is 11.3 Å². The van der Waals surface area contributed by atoms with Gasteiger partial charge in [0.1, 0.15) is 0 Å². The van der Waals surface area contributed by atoms with Crippen LogP contribution in [0.5, 0.6) is 0 Å². The molecule has 1 heterocycles. The highest BCUT2D eigenvalue weighted by Gasteiger charge is 2.44. The molecule has 2 unspecified atom stereocenters. The van der Waals surface area contributed by atoms with Crippen LogP contribution in [0.1, 0.15) is 31.1 Å². The summed E-state index contributed by atoms with van der Waals surface area (Å²) >= 11 is 1.66. The van der Waals surface area contributed by atoms with Crippen molar-refractivity contribution in [2.45, 2.75) is 32.6 Å². The zero-order valence-corrected chi connectivity index (χ0v) is 9.72. The predicted octanol–water partition coefficient (Wildman–Crippen LogP) is 3.18. The molecule has 1 aromatic rings. The van der Waals surface area contributed by atoms with Crippen LogP contribution in [0.4, 0.5) is 0 Å². The standard InChI is InChI=1S/C12H16O2S/c1-9-4-5-12(7-9,11(13)14)8-10-3-2-6-15-10/h2-3,6,9H,4-5,7-8H2,1H3,(H,13,14). The number of carboxylic acid groups (broad SMARTS) is 1. The molecule has 1 aromatic heterocycles. The van der Waals surface area contributed by atoms with Crippen LogP contribution in [0.2, 0.25) is 0 Å². The Morgan fingerprint density at radius 3 is 3.00 bits per heavy atom. The summed E-state index contributed by atoms with van der Waals surface area (Å²) in [6.45, 7) is 2.15. The largest absolute Gasteiger partial charge is 0.481 e. The van der Waals surface area contributed by atoms with E-state index in [9.17, 15) is 9.90 Å². The van der Waals surface area contributed by atoms with E-state index in [-0.39, 0.29) is 0 Å². The van der Waals surface area contributed by atoms with Gasteiger partial charge in [-0.1, -0.05) is 13.0 Å². The van der Waals surface area contributed by atoms with E-state index in [2.05, 4.69) is 6.92 Å². The molecule has 82 valence electrons. The molecule has 2 rings (SSSR count). The van der Waals surface area contributed by atoms with Crippen molar-refractivity contribution < 1.29 is 9.90 Å². The van der Waals surface area contributed by atoms with Crippen molar-refractivity contribution in [1.82, 2.24) is 0 Å². The van der Waals surface area contributed by atoms with Gasteiger partial charge in [-0.05, 0) is 43.0 Å². The normalized spacial score (nSPS) is 30.6. The molecule has 2 atom stereocenters. The summed E-state index contributed by atoms with van der Waals surface area (Å²) in [6, 6.07) is 4.03. The summed E-state index contributed by atoms with van der Waals surface area (Å²) in [6.07, 6.45) is 3.43. The molecule has 0 aromatic carbocycles. The lowest BCUT2D eigenvalue weighted by Crippen LogP contribution is -2.30. The van der Waals surface area contributed by atoms with E-state index in [1.54, 1.807) is 11.3 Å². The average molecular weight is 224 g/mol. The third-order valence-corrected chi connectivity index (χ3v) is 4.28. The fraction of sp³-hybridized carbons (Fsp3) is 0.583. The molecule has 3 heteroatoms. The summed E-state index contributed by atoms with van der Waals surface area (Å²) in [5, 5.41) is 11.4. The van der Waals surface area contributed by atoms with E-state index in [1.165, 1.54) is 4.88 Å². The zero-order valence-electron chi connectivity index (χ0n) is 8.90. The highest BCUT2D eigenvalue weighted by Crippen LogP contribution is 2.44. The molecule has 1 N–H and O–H groups in total. The first kappa shape index (κ1) is 10.7. The van der Waals surface area contributed by atoms with Gasteiger partial charge in [0, 0.05) is 4.88 Å². The van der Waals surface area contributed by atoms with Gasteiger partial charge >= 0.3 is 5.97 Å². The van der Waals surface area contributed by atoms with Crippen LogP contribution in [0, 0.1) is 11.3 Å². The molecular weight excluding hydrogens is 208 g/mol. The minimum atomic E-state index is -0.611. The Balaban J connectivity index is 2.17. The molecule has 1 saturated carbocycles. The van der Waals surface area contributed by atoms with Crippen molar-refractivity contribution in [2.75, 3.05) is 0 Å². The van der Waals surface area contributed by atoms with E-state index < -0.39 is 11.4 Å². The lowest BCUT2D eigenvalue weighted by Gasteiger charge is -2.23. The fourth-order valence-electron chi connectivity index (χ4n) is 2.57. The second-order valence-electron chi connectivity index (χ2n) is 4.69. The second-order valence-corrected chi connectivity index (χ2v) is 5.72. The number of rotatable bonds is 3. The number of carboxylic acids is 1. The van der Waals surface area contributed by atoms with Crippen molar-refractivity contribution in [1.29, 1.82) is 0 Å². The molecule has 1 fully saturated rings. The highest BCUT2D eigenvalue weighted by atomic mass is 32.1. The minimum absolute atomic E-state index is 0.482. The van der Waals surface area contributed by atoms with Crippen molar-refractivity contribution in [2.24, 2.45) is 11.3 Å². The van der Waals surface area contributed by atoms with Gasteiger partial charge in [0.05, 0.1) is 5.41 Å². The number of carbonyl (C=O) groups is 1. The minimum Gasteiger partial charge on any atom is -0.481 e. The highest BCUT2D eigenvalue weighted by molar-refractivity contribution is 7.09. The first-order valence-electron chi connectivity index (χ1n) is 5.38. The van der Waals surface area contributed by atoms with E-state index in [4.69, 9.17) is 0 Å². The molecular formula is C12H16O2S. The molecule has 0 aliphatic heterocycles. The molecule has 0 spiro atoms. The van der Waals surface area contributed by atoms with E-state index in [0.29, 0.717) is 12.3 Å². The van der Waals surface area contributed by atoms with Gasteiger partial charge in [0.2, 0.25) is 0 Å². The zero-order chi connectivity index (χ0) is 10.9. The Bertz CT molecular complexity index is 345. The summed E-state index contributed by atoms with van der Waals surface area (Å²) < 4.78 is 0. The van der Waals surface area contributed by atoms with Gasteiger partial charge in [-0.2, -0.15) is 0 Å². The summed E-state index contributed by atoms with van der Waals surface area (Å²) in [5.41, 5.74) is -0.482. The molecule has 15 heavy (non-hydrogen) atoms. The lowest BCUT2D eigenvalue weighted by molar-refractivity contribution is -0.148. The van der Waals surface area contributed by atoms with E-state index >= 15 is 0 Å². The average Bonchev–Trinajstić information content (AvgIpc) is 2.77. The molecule has 0 saturated heterocycles. The van der Waals surface area contributed by atoms with Crippen LogP contribution in [0.3, 0.4) is 0 Å². The van der Waals surface area contributed by atoms with Crippen LogP contribution in [0.15, 0.2) is 17.5 Å². The van der Waals surface area contributed by atoms with Gasteiger partial charge in [-0.25, -0.2) is 0 Å². The predicted molar refractivity (Wildman–Crippen MR) is 61.1 cm³/mol. The Hall–Kier alpha value is -0.830. The first-order chi connectivity index (χ1) is 7.12. The van der Waals surface area contributed by atoms with Crippen LogP contribution in [0.25, 0.3) is 0 Å². The molecule has 0 radical (unpaired) electrons. The maximum Gasteiger partial charge on any atom is 0.310 e. The van der Waals surface area contributed by atoms with Crippen molar-refractivity contribution in [3.8, 4) is 0 Å². The smallest absolute Gasteiger partial charge is 0.310 e. The number of hydrogen-bond acceptors (Lipinski definition) is 2. The summed E-state index contributed by atoms with van der Waals surface area (Å²) in [5.74, 6) is -0.0543. The SMILES string of the molecule is CC1CCC(Cc2cccs2)(C(=O)O)C1. The number of aliphatic carboxylic acids is 1. The van der Waals surface area contributed by atoms with Crippen molar-refractivity contribution in [3.63, 3.8) is 0 Å². The van der Waals surface area contributed by atoms with Crippen LogP contribution in [-0.2, 0) is 11.2 Å². The Kier molecular flexibility index (Phi) is 2.83. The molecule has 0 amide bonds.